The van der Waals surface area contributed by atoms with Crippen LogP contribution in [0, 0.1) is 5.92 Å². The zero-order chi connectivity index (χ0) is 11.6. The second-order valence-electron chi connectivity index (χ2n) is 2.09. The number of alkyl halides is 7. The van der Waals surface area contributed by atoms with Crippen molar-refractivity contribution in [3.63, 3.8) is 0 Å². The summed E-state index contributed by atoms with van der Waals surface area (Å²) in [6.07, 6.45) is -11.5. The number of halogens is 7. The Bertz CT molecular complexity index is 195. The van der Waals surface area contributed by atoms with Gasteiger partial charge in [0.25, 0.3) is 0 Å². The monoisotopic (exact) mass is 244 g/mol. The number of rotatable bonds is 2. The first kappa shape index (κ1) is 13.3. The van der Waals surface area contributed by atoms with E-state index in [0.29, 0.717) is 0 Å². The summed E-state index contributed by atoms with van der Waals surface area (Å²) in [4.78, 5) is 10.3. The molecule has 0 aliphatic heterocycles. The van der Waals surface area contributed by atoms with Gasteiger partial charge in [0.15, 0.2) is 6.07 Å². The molecule has 0 aliphatic rings. The van der Waals surface area contributed by atoms with Gasteiger partial charge in [-0.2, -0.15) is 26.3 Å². The molecule has 0 fully saturated rings. The fourth-order valence-corrected chi connectivity index (χ4v) is 0.697. The van der Waals surface area contributed by atoms with Gasteiger partial charge in [0.1, 0.15) is 0 Å². The zero-order valence-corrected chi connectivity index (χ0v) is 7.00. The Morgan fingerprint density at radius 2 is 1.50 bits per heavy atom. The highest BCUT2D eigenvalue weighted by molar-refractivity contribution is 6.17. The van der Waals surface area contributed by atoms with Gasteiger partial charge in [-0.05, 0) is 0 Å². The Balaban J connectivity index is 4.84. The Hall–Kier alpha value is -0.660. The van der Waals surface area contributed by atoms with Crippen LogP contribution in [0.4, 0.5) is 26.3 Å². The molecule has 0 bridgehead atoms. The van der Waals surface area contributed by atoms with Crippen molar-refractivity contribution in [3.05, 3.63) is 0 Å². The molecule has 0 rings (SSSR count). The molecule has 0 aliphatic carbocycles. The standard InChI is InChI=1S/C5H3ClF6O2/c6-1-14-3(13)2(4(7,8)9)5(10,11)12/h2H,1H2. The van der Waals surface area contributed by atoms with Gasteiger partial charge in [-0.1, -0.05) is 11.6 Å². The number of carbonyl (C=O) groups is 1. The van der Waals surface area contributed by atoms with Gasteiger partial charge in [0, 0.05) is 0 Å². The van der Waals surface area contributed by atoms with Crippen molar-refractivity contribution >= 4 is 17.6 Å². The SMILES string of the molecule is O=C(OCCl)C(C(F)(F)F)C(F)(F)F. The minimum absolute atomic E-state index is 1.07. The van der Waals surface area contributed by atoms with Crippen LogP contribution in [-0.2, 0) is 9.53 Å². The van der Waals surface area contributed by atoms with Gasteiger partial charge in [0.05, 0.1) is 0 Å². The molecule has 0 saturated heterocycles. The lowest BCUT2D eigenvalue weighted by Crippen LogP contribution is -2.43. The summed E-state index contributed by atoms with van der Waals surface area (Å²) < 4.78 is 73.8. The van der Waals surface area contributed by atoms with E-state index in [-0.39, 0.29) is 0 Å². The molecule has 9 heteroatoms. The van der Waals surface area contributed by atoms with Crippen molar-refractivity contribution in [2.75, 3.05) is 6.07 Å². The number of hydrogen-bond donors (Lipinski definition) is 0. The smallest absolute Gasteiger partial charge is 0.411 e. The van der Waals surface area contributed by atoms with Crippen LogP contribution in [0.15, 0.2) is 0 Å². The van der Waals surface area contributed by atoms with Gasteiger partial charge in [-0.25, -0.2) is 0 Å². The van der Waals surface area contributed by atoms with Crippen molar-refractivity contribution in [3.8, 4) is 0 Å². The van der Waals surface area contributed by atoms with Crippen LogP contribution in [0.5, 0.6) is 0 Å². The molecule has 0 aromatic heterocycles. The number of esters is 1. The number of carbonyl (C=O) groups excluding carboxylic acids is 1. The molecule has 0 amide bonds. The van der Waals surface area contributed by atoms with Crippen LogP contribution < -0.4 is 0 Å². The first-order valence-electron chi connectivity index (χ1n) is 2.96. The van der Waals surface area contributed by atoms with Crippen LogP contribution in [0.3, 0.4) is 0 Å². The minimum Gasteiger partial charge on any atom is -0.449 e. The summed E-state index contributed by atoms with van der Waals surface area (Å²) in [6, 6.07) is -1.07. The lowest BCUT2D eigenvalue weighted by atomic mass is 10.1. The molecule has 2 nitrogen and oxygen atoms in total. The summed E-state index contributed by atoms with van der Waals surface area (Å²) in [7, 11) is 0. The average Bonchev–Trinajstić information content (AvgIpc) is 1.78. The third kappa shape index (κ3) is 3.60. The summed E-state index contributed by atoms with van der Waals surface area (Å²) in [5.74, 6) is -6.60. The van der Waals surface area contributed by atoms with E-state index in [0.717, 1.165) is 0 Å². The maximum Gasteiger partial charge on any atom is 0.411 e. The van der Waals surface area contributed by atoms with Gasteiger partial charge in [0.2, 0.25) is 5.92 Å². The van der Waals surface area contributed by atoms with E-state index < -0.39 is 30.3 Å². The highest BCUT2D eigenvalue weighted by atomic mass is 35.5. The van der Waals surface area contributed by atoms with Crippen LogP contribution in [-0.4, -0.2) is 24.4 Å². The molecule has 0 aromatic rings. The van der Waals surface area contributed by atoms with Gasteiger partial charge in [-0.15, -0.1) is 0 Å². The minimum atomic E-state index is -5.73. The normalized spacial score (nSPS) is 13.1. The first-order valence-corrected chi connectivity index (χ1v) is 3.50. The Kier molecular flexibility index (Phi) is 4.04. The van der Waals surface area contributed by atoms with Gasteiger partial charge >= 0.3 is 18.3 Å². The van der Waals surface area contributed by atoms with E-state index in [2.05, 4.69) is 16.3 Å². The van der Waals surface area contributed by atoms with E-state index in [9.17, 15) is 31.1 Å². The predicted molar refractivity (Wildman–Crippen MR) is 32.4 cm³/mol. The van der Waals surface area contributed by atoms with Crippen LogP contribution in [0.2, 0.25) is 0 Å². The molecule has 0 N–H and O–H groups in total. The molecule has 84 valence electrons. The summed E-state index contributed by atoms with van der Waals surface area (Å²) in [5, 5.41) is 0. The van der Waals surface area contributed by atoms with E-state index in [4.69, 9.17) is 0 Å². The third-order valence-electron chi connectivity index (χ3n) is 1.09. The summed E-state index contributed by atoms with van der Waals surface area (Å²) in [6.45, 7) is 0. The zero-order valence-electron chi connectivity index (χ0n) is 6.25. The molecule has 0 radical (unpaired) electrons. The molecule has 0 spiro atoms. The quantitative estimate of drug-likeness (QED) is 0.424. The van der Waals surface area contributed by atoms with Crippen LogP contribution in [0.1, 0.15) is 0 Å². The summed E-state index contributed by atoms with van der Waals surface area (Å²) in [5.41, 5.74) is 0. The molecular formula is C5H3ClF6O2. The van der Waals surface area contributed by atoms with Crippen LogP contribution in [0.25, 0.3) is 0 Å². The van der Waals surface area contributed by atoms with Crippen molar-refractivity contribution in [1.82, 2.24) is 0 Å². The molecule has 14 heavy (non-hydrogen) atoms. The Morgan fingerprint density at radius 1 is 1.14 bits per heavy atom. The highest BCUT2D eigenvalue weighted by Crippen LogP contribution is 2.39. The van der Waals surface area contributed by atoms with Gasteiger partial charge in [-0.3, -0.25) is 4.79 Å². The second kappa shape index (κ2) is 4.24. The maximum absolute atomic E-state index is 11.7. The fourth-order valence-electron chi connectivity index (χ4n) is 0.590. The van der Waals surface area contributed by atoms with Crippen molar-refractivity contribution in [2.45, 2.75) is 12.4 Å². The molecule has 0 saturated carbocycles. The van der Waals surface area contributed by atoms with E-state index in [1.807, 2.05) is 0 Å². The molecular weight excluding hydrogens is 241 g/mol. The third-order valence-corrected chi connectivity index (χ3v) is 1.20. The lowest BCUT2D eigenvalue weighted by Gasteiger charge is -2.20. The van der Waals surface area contributed by atoms with Crippen LogP contribution >= 0.6 is 11.6 Å². The van der Waals surface area contributed by atoms with Gasteiger partial charge < -0.3 is 4.74 Å². The summed E-state index contributed by atoms with van der Waals surface area (Å²) >= 11 is 4.66. The Morgan fingerprint density at radius 3 is 1.71 bits per heavy atom. The van der Waals surface area contributed by atoms with Crippen molar-refractivity contribution in [2.24, 2.45) is 5.92 Å². The second-order valence-corrected chi connectivity index (χ2v) is 2.31. The number of ether oxygens (including phenoxy) is 1. The number of hydrogen-bond acceptors (Lipinski definition) is 2. The van der Waals surface area contributed by atoms with E-state index >= 15 is 0 Å². The molecule has 0 atom stereocenters. The van der Waals surface area contributed by atoms with E-state index in [1.54, 1.807) is 0 Å². The average molecular weight is 245 g/mol. The molecule has 0 unspecified atom stereocenters. The lowest BCUT2D eigenvalue weighted by molar-refractivity contribution is -0.281. The predicted octanol–water partition coefficient (Wildman–Crippen LogP) is 2.47. The topological polar surface area (TPSA) is 26.3 Å². The van der Waals surface area contributed by atoms with Crippen molar-refractivity contribution < 1.29 is 35.9 Å². The fraction of sp³-hybridized carbons (Fsp3) is 0.800. The largest absolute Gasteiger partial charge is 0.449 e. The van der Waals surface area contributed by atoms with Crippen molar-refractivity contribution in [1.29, 1.82) is 0 Å². The first-order chi connectivity index (χ1) is 6.10. The Labute approximate surface area is 78.8 Å². The molecule has 0 aromatic carbocycles. The molecule has 0 heterocycles. The van der Waals surface area contributed by atoms with E-state index in [1.165, 1.54) is 0 Å². The highest BCUT2D eigenvalue weighted by Gasteiger charge is 2.62. The maximum atomic E-state index is 11.7.